The van der Waals surface area contributed by atoms with Crippen molar-refractivity contribution in [1.29, 1.82) is 0 Å². The summed E-state index contributed by atoms with van der Waals surface area (Å²) in [6, 6.07) is 0. The third-order valence-electron chi connectivity index (χ3n) is 2.93. The highest BCUT2D eigenvalue weighted by Crippen LogP contribution is 2.06. The molecule has 6 nitrogen and oxygen atoms in total. The number of nitrogens with zero attached hydrogens (tertiary/aromatic N) is 2. The maximum atomic E-state index is 12.2. The Morgan fingerprint density at radius 2 is 2.11 bits per heavy atom. The van der Waals surface area contributed by atoms with Gasteiger partial charge in [-0.2, -0.15) is 0 Å². The van der Waals surface area contributed by atoms with Crippen LogP contribution in [0.25, 0.3) is 0 Å². The average molecular weight is 272 g/mol. The zero-order chi connectivity index (χ0) is 14.4. The molecule has 6 heteroatoms. The Hall–Kier alpha value is -1.14. The lowest BCUT2D eigenvalue weighted by atomic mass is 10.2. The van der Waals surface area contributed by atoms with Crippen molar-refractivity contribution in [2.75, 3.05) is 39.3 Å². The molecule has 110 valence electrons. The van der Waals surface area contributed by atoms with Crippen LogP contribution in [0.15, 0.2) is 0 Å². The van der Waals surface area contributed by atoms with Gasteiger partial charge in [0.15, 0.2) is 0 Å². The molecule has 1 saturated heterocycles. The van der Waals surface area contributed by atoms with Crippen LogP contribution in [0.1, 0.15) is 20.8 Å². The quantitative estimate of drug-likeness (QED) is 0.752. The molecule has 0 spiro atoms. The van der Waals surface area contributed by atoms with Crippen molar-refractivity contribution in [3.63, 3.8) is 0 Å². The molecule has 19 heavy (non-hydrogen) atoms. The third-order valence-corrected chi connectivity index (χ3v) is 2.93. The fourth-order valence-corrected chi connectivity index (χ4v) is 2.23. The minimum absolute atomic E-state index is 0.0166. The first-order chi connectivity index (χ1) is 8.88. The highest BCUT2D eigenvalue weighted by atomic mass is 16.5. The van der Waals surface area contributed by atoms with E-state index in [1.54, 1.807) is 9.80 Å². The van der Waals surface area contributed by atoms with Crippen molar-refractivity contribution in [1.82, 2.24) is 9.80 Å². The van der Waals surface area contributed by atoms with Crippen molar-refractivity contribution < 1.29 is 19.4 Å². The molecular weight excluding hydrogens is 248 g/mol. The molecule has 0 aromatic carbocycles. The second-order valence-electron chi connectivity index (χ2n) is 5.48. The first-order valence-corrected chi connectivity index (χ1v) is 6.72. The first-order valence-electron chi connectivity index (χ1n) is 6.72. The number of rotatable bonds is 6. The second-order valence-corrected chi connectivity index (χ2v) is 5.48. The maximum Gasteiger partial charge on any atom is 0.317 e. The van der Waals surface area contributed by atoms with E-state index in [2.05, 4.69) is 0 Å². The number of carbonyl (C=O) groups excluding carboxylic acids is 1. The van der Waals surface area contributed by atoms with Crippen LogP contribution < -0.4 is 0 Å². The maximum absolute atomic E-state index is 12.2. The van der Waals surface area contributed by atoms with Crippen LogP contribution in [-0.4, -0.2) is 72.2 Å². The van der Waals surface area contributed by atoms with Gasteiger partial charge in [-0.25, -0.2) is 0 Å². The smallest absolute Gasteiger partial charge is 0.317 e. The van der Waals surface area contributed by atoms with E-state index in [0.29, 0.717) is 32.2 Å². The number of carboxylic acids is 1. The Morgan fingerprint density at radius 1 is 1.42 bits per heavy atom. The van der Waals surface area contributed by atoms with Gasteiger partial charge in [-0.15, -0.1) is 0 Å². The summed E-state index contributed by atoms with van der Waals surface area (Å²) in [7, 11) is 0. The van der Waals surface area contributed by atoms with Crippen LogP contribution >= 0.6 is 0 Å². The molecule has 1 amide bonds. The minimum Gasteiger partial charge on any atom is -0.480 e. The molecule has 1 aliphatic heterocycles. The largest absolute Gasteiger partial charge is 0.480 e. The van der Waals surface area contributed by atoms with E-state index in [-0.39, 0.29) is 25.1 Å². The summed E-state index contributed by atoms with van der Waals surface area (Å²) < 4.78 is 5.39. The van der Waals surface area contributed by atoms with Gasteiger partial charge in [-0.05, 0) is 12.8 Å². The van der Waals surface area contributed by atoms with Crippen molar-refractivity contribution in [2.24, 2.45) is 5.92 Å². The van der Waals surface area contributed by atoms with E-state index in [1.165, 1.54) is 0 Å². The molecule has 1 fully saturated rings. The number of hydrogen-bond donors (Lipinski definition) is 1. The molecule has 1 heterocycles. The Kier molecular flexibility index (Phi) is 6.24. The molecule has 0 saturated carbocycles. The Bertz CT molecular complexity index is 320. The fraction of sp³-hybridized carbons (Fsp3) is 0.846. The third kappa shape index (κ3) is 6.02. The van der Waals surface area contributed by atoms with Crippen LogP contribution in [0.2, 0.25) is 0 Å². The zero-order valence-corrected chi connectivity index (χ0v) is 12.0. The van der Waals surface area contributed by atoms with Crippen molar-refractivity contribution in [3.05, 3.63) is 0 Å². The predicted molar refractivity (Wildman–Crippen MR) is 70.9 cm³/mol. The van der Waals surface area contributed by atoms with E-state index < -0.39 is 5.97 Å². The number of carboxylic acid groups (broad SMARTS) is 1. The molecule has 0 bridgehead atoms. The minimum atomic E-state index is -0.899. The predicted octanol–water partition coefficient (Wildman–Crippen LogP) is 0.276. The molecule has 0 aromatic heterocycles. The molecule has 1 atom stereocenters. The van der Waals surface area contributed by atoms with Crippen molar-refractivity contribution >= 4 is 11.9 Å². The van der Waals surface area contributed by atoms with Crippen LogP contribution in [-0.2, 0) is 14.3 Å². The van der Waals surface area contributed by atoms with Crippen LogP contribution in [0.3, 0.4) is 0 Å². The lowest BCUT2D eigenvalue weighted by Crippen LogP contribution is -2.49. The molecule has 1 N–H and O–H groups in total. The standard InChI is InChI=1S/C13H24N2O4/c1-10(2)6-14(9-13(17)18)8-12(16)15-4-5-19-11(3)7-15/h10-11H,4-9H2,1-3H3,(H,17,18). The van der Waals surface area contributed by atoms with Crippen LogP contribution in [0, 0.1) is 5.92 Å². The second kappa shape index (κ2) is 7.45. The zero-order valence-electron chi connectivity index (χ0n) is 12.0. The van der Waals surface area contributed by atoms with E-state index in [0.717, 1.165) is 0 Å². The SMILES string of the molecule is CC(C)CN(CC(=O)O)CC(=O)N1CCOC(C)C1. The van der Waals surface area contributed by atoms with Gasteiger partial charge in [0.05, 0.1) is 25.8 Å². The lowest BCUT2D eigenvalue weighted by Gasteiger charge is -2.33. The monoisotopic (exact) mass is 272 g/mol. The van der Waals surface area contributed by atoms with Gasteiger partial charge in [0.25, 0.3) is 0 Å². The molecule has 0 aromatic rings. The van der Waals surface area contributed by atoms with Crippen molar-refractivity contribution in [2.45, 2.75) is 26.9 Å². The molecule has 0 radical (unpaired) electrons. The summed E-state index contributed by atoms with van der Waals surface area (Å²) >= 11 is 0. The Morgan fingerprint density at radius 3 is 2.63 bits per heavy atom. The molecular formula is C13H24N2O4. The molecule has 1 rings (SSSR count). The van der Waals surface area contributed by atoms with Gasteiger partial charge in [-0.3, -0.25) is 14.5 Å². The summed E-state index contributed by atoms with van der Waals surface area (Å²) in [6.07, 6.45) is 0.0516. The highest BCUT2D eigenvalue weighted by molar-refractivity contribution is 5.79. The summed E-state index contributed by atoms with van der Waals surface area (Å²) in [5, 5.41) is 8.88. The van der Waals surface area contributed by atoms with E-state index in [1.807, 2.05) is 20.8 Å². The van der Waals surface area contributed by atoms with Gasteiger partial charge < -0.3 is 14.7 Å². The summed E-state index contributed by atoms with van der Waals surface area (Å²) in [5.74, 6) is -0.586. The first kappa shape index (κ1) is 15.9. The van der Waals surface area contributed by atoms with E-state index in [4.69, 9.17) is 9.84 Å². The lowest BCUT2D eigenvalue weighted by molar-refractivity contribution is -0.142. The highest BCUT2D eigenvalue weighted by Gasteiger charge is 2.24. The molecule has 1 aliphatic rings. The Balaban J connectivity index is 2.51. The molecule has 1 unspecified atom stereocenters. The number of ether oxygens (including phenoxy) is 1. The number of hydrogen-bond acceptors (Lipinski definition) is 4. The van der Waals surface area contributed by atoms with E-state index >= 15 is 0 Å². The normalized spacial score (nSPS) is 20.1. The topological polar surface area (TPSA) is 70.1 Å². The van der Waals surface area contributed by atoms with Gasteiger partial charge in [0.1, 0.15) is 0 Å². The molecule has 0 aliphatic carbocycles. The van der Waals surface area contributed by atoms with Gasteiger partial charge in [0, 0.05) is 19.6 Å². The van der Waals surface area contributed by atoms with E-state index in [9.17, 15) is 9.59 Å². The van der Waals surface area contributed by atoms with Gasteiger partial charge >= 0.3 is 5.97 Å². The van der Waals surface area contributed by atoms with Gasteiger partial charge in [0.2, 0.25) is 5.91 Å². The number of amides is 1. The summed E-state index contributed by atoms with van der Waals surface area (Å²) in [6.45, 7) is 8.36. The summed E-state index contributed by atoms with van der Waals surface area (Å²) in [4.78, 5) is 26.4. The van der Waals surface area contributed by atoms with Crippen LogP contribution in [0.4, 0.5) is 0 Å². The number of carbonyl (C=O) groups is 2. The van der Waals surface area contributed by atoms with Crippen molar-refractivity contribution in [3.8, 4) is 0 Å². The van der Waals surface area contributed by atoms with Gasteiger partial charge in [-0.1, -0.05) is 13.8 Å². The summed E-state index contributed by atoms with van der Waals surface area (Å²) in [5.41, 5.74) is 0. The average Bonchev–Trinajstić information content (AvgIpc) is 2.26. The number of aliphatic carboxylic acids is 1. The fourth-order valence-electron chi connectivity index (χ4n) is 2.23. The van der Waals surface area contributed by atoms with Crippen LogP contribution in [0.5, 0.6) is 0 Å². The number of morpholine rings is 1. The Labute approximate surface area is 114 Å².